The summed E-state index contributed by atoms with van der Waals surface area (Å²) in [7, 11) is 3.13. The summed E-state index contributed by atoms with van der Waals surface area (Å²) in [6.45, 7) is 4.32. The van der Waals surface area contributed by atoms with E-state index in [1.54, 1.807) is 38.5 Å². The molecule has 28 heavy (non-hydrogen) atoms. The van der Waals surface area contributed by atoms with Crippen molar-refractivity contribution in [3.8, 4) is 23.0 Å². The Kier molecular flexibility index (Phi) is 4.38. The second-order valence-corrected chi connectivity index (χ2v) is 7.25. The smallest absolute Gasteiger partial charge is 0.193 e. The molecule has 0 amide bonds. The van der Waals surface area contributed by atoms with Gasteiger partial charge in [0.15, 0.2) is 17.3 Å². The van der Waals surface area contributed by atoms with Gasteiger partial charge in [-0.05, 0) is 50.3 Å². The molecule has 0 atom stereocenters. The molecule has 2 heterocycles. The van der Waals surface area contributed by atoms with Crippen LogP contribution in [0.1, 0.15) is 35.3 Å². The number of Topliss-reactive ketones (excluding diaryl/α,β-unsaturated/α-hetero) is 1. The topological polar surface area (TPSA) is 54.0 Å². The Balaban J connectivity index is 1.72. The standard InChI is InChI=1S/C23H22O5/c1-23(2)9-7-14-11-15(5-6-18(14)28-23)22(24)16-8-10-27-19-13-21(26-4)20(25-3)12-17(16)19/h5-9,11-13H,10H2,1-4H3. The van der Waals surface area contributed by atoms with Crippen LogP contribution in [0, 0.1) is 0 Å². The van der Waals surface area contributed by atoms with Gasteiger partial charge in [0.1, 0.15) is 23.7 Å². The van der Waals surface area contributed by atoms with Gasteiger partial charge in [0.25, 0.3) is 0 Å². The van der Waals surface area contributed by atoms with Crippen LogP contribution in [0.25, 0.3) is 11.6 Å². The van der Waals surface area contributed by atoms with Crippen molar-refractivity contribution in [2.75, 3.05) is 20.8 Å². The van der Waals surface area contributed by atoms with Crippen molar-refractivity contribution < 1.29 is 23.7 Å². The SMILES string of the molecule is COc1cc2c(cc1OC)C(C(=O)c1ccc3c(c1)C=CC(C)(C)O3)=CCO2. The van der Waals surface area contributed by atoms with Crippen molar-refractivity contribution in [3.63, 3.8) is 0 Å². The van der Waals surface area contributed by atoms with E-state index in [-0.39, 0.29) is 11.4 Å². The number of allylic oxidation sites excluding steroid dienone is 1. The van der Waals surface area contributed by atoms with E-state index in [9.17, 15) is 4.79 Å². The lowest BCUT2D eigenvalue weighted by Crippen LogP contribution is -2.27. The lowest BCUT2D eigenvalue weighted by molar-refractivity contribution is 0.105. The minimum Gasteiger partial charge on any atom is -0.493 e. The van der Waals surface area contributed by atoms with E-state index in [2.05, 4.69) is 0 Å². The Morgan fingerprint density at radius 1 is 1.04 bits per heavy atom. The van der Waals surface area contributed by atoms with Gasteiger partial charge in [-0.15, -0.1) is 0 Å². The number of carbonyl (C=O) groups excluding carboxylic acids is 1. The molecule has 5 heteroatoms. The zero-order valence-electron chi connectivity index (χ0n) is 16.4. The van der Waals surface area contributed by atoms with Gasteiger partial charge in [-0.3, -0.25) is 4.79 Å². The van der Waals surface area contributed by atoms with E-state index in [0.717, 1.165) is 11.3 Å². The van der Waals surface area contributed by atoms with Crippen molar-refractivity contribution in [1.29, 1.82) is 0 Å². The molecule has 144 valence electrons. The van der Waals surface area contributed by atoms with Crippen LogP contribution in [0.4, 0.5) is 0 Å². The molecule has 0 unspecified atom stereocenters. The third-order valence-electron chi connectivity index (χ3n) is 4.86. The second-order valence-electron chi connectivity index (χ2n) is 7.25. The maximum Gasteiger partial charge on any atom is 0.193 e. The van der Waals surface area contributed by atoms with E-state index < -0.39 is 0 Å². The van der Waals surface area contributed by atoms with Crippen LogP contribution in [0.2, 0.25) is 0 Å². The Morgan fingerprint density at radius 3 is 2.54 bits per heavy atom. The summed E-state index contributed by atoms with van der Waals surface area (Å²) in [5.41, 5.74) is 2.42. The highest BCUT2D eigenvalue weighted by Gasteiger charge is 2.26. The first kappa shape index (κ1) is 18.2. The van der Waals surface area contributed by atoms with Gasteiger partial charge in [-0.2, -0.15) is 0 Å². The first-order valence-corrected chi connectivity index (χ1v) is 9.08. The van der Waals surface area contributed by atoms with Crippen LogP contribution in [-0.4, -0.2) is 32.2 Å². The van der Waals surface area contributed by atoms with Crippen LogP contribution >= 0.6 is 0 Å². The zero-order valence-corrected chi connectivity index (χ0v) is 16.4. The summed E-state index contributed by atoms with van der Waals surface area (Å²) in [5, 5.41) is 0. The van der Waals surface area contributed by atoms with Gasteiger partial charge in [-0.25, -0.2) is 0 Å². The third kappa shape index (κ3) is 3.13. The number of methoxy groups -OCH3 is 2. The number of hydrogen-bond donors (Lipinski definition) is 0. The largest absolute Gasteiger partial charge is 0.493 e. The second kappa shape index (κ2) is 6.75. The monoisotopic (exact) mass is 378 g/mol. The number of ketones is 1. The van der Waals surface area contributed by atoms with Gasteiger partial charge >= 0.3 is 0 Å². The summed E-state index contributed by atoms with van der Waals surface area (Å²) >= 11 is 0. The summed E-state index contributed by atoms with van der Waals surface area (Å²) in [5.74, 6) is 2.42. The molecule has 0 bridgehead atoms. The minimum absolute atomic E-state index is 0.0715. The first-order chi connectivity index (χ1) is 13.4. The Labute approximate surface area is 164 Å². The van der Waals surface area contributed by atoms with Crippen molar-refractivity contribution in [1.82, 2.24) is 0 Å². The van der Waals surface area contributed by atoms with Gasteiger partial charge in [0, 0.05) is 28.3 Å². The molecule has 0 spiro atoms. The third-order valence-corrected chi connectivity index (χ3v) is 4.86. The quantitative estimate of drug-likeness (QED) is 0.731. The Morgan fingerprint density at radius 2 is 1.79 bits per heavy atom. The molecule has 0 saturated carbocycles. The maximum absolute atomic E-state index is 13.3. The Hall–Kier alpha value is -3.21. The maximum atomic E-state index is 13.3. The van der Waals surface area contributed by atoms with E-state index in [1.807, 2.05) is 38.1 Å². The van der Waals surface area contributed by atoms with Crippen molar-refractivity contribution >= 4 is 17.4 Å². The molecular weight excluding hydrogens is 356 g/mol. The molecule has 4 rings (SSSR count). The average Bonchev–Trinajstić information content (AvgIpc) is 2.70. The van der Waals surface area contributed by atoms with Crippen LogP contribution in [0.5, 0.6) is 23.0 Å². The Bertz CT molecular complexity index is 1010. The summed E-state index contributed by atoms with van der Waals surface area (Å²) in [4.78, 5) is 13.3. The number of hydrogen-bond acceptors (Lipinski definition) is 5. The van der Waals surface area contributed by atoms with Gasteiger partial charge in [-0.1, -0.05) is 6.08 Å². The molecule has 2 aliphatic heterocycles. The highest BCUT2D eigenvalue weighted by Crippen LogP contribution is 2.41. The fraction of sp³-hybridized carbons (Fsp3) is 0.261. The van der Waals surface area contributed by atoms with E-state index >= 15 is 0 Å². The fourth-order valence-corrected chi connectivity index (χ4v) is 3.41. The van der Waals surface area contributed by atoms with E-state index in [1.165, 1.54) is 0 Å². The normalized spacial score (nSPS) is 16.1. The van der Waals surface area contributed by atoms with Crippen LogP contribution in [0.3, 0.4) is 0 Å². The highest BCUT2D eigenvalue weighted by atomic mass is 16.5. The molecule has 2 aliphatic rings. The summed E-state index contributed by atoms with van der Waals surface area (Å²) in [6, 6.07) is 9.04. The highest BCUT2D eigenvalue weighted by molar-refractivity contribution is 6.29. The number of carbonyl (C=O) groups is 1. The van der Waals surface area contributed by atoms with Crippen LogP contribution in [-0.2, 0) is 0 Å². The molecule has 0 radical (unpaired) electrons. The minimum atomic E-state index is -0.351. The van der Waals surface area contributed by atoms with Gasteiger partial charge in [0.05, 0.1) is 14.2 Å². The van der Waals surface area contributed by atoms with Gasteiger partial charge in [0.2, 0.25) is 0 Å². The average molecular weight is 378 g/mol. The zero-order chi connectivity index (χ0) is 19.9. The number of rotatable bonds is 4. The molecule has 0 saturated heterocycles. The van der Waals surface area contributed by atoms with Gasteiger partial charge < -0.3 is 18.9 Å². The van der Waals surface area contributed by atoms with Crippen molar-refractivity contribution in [2.45, 2.75) is 19.4 Å². The molecular formula is C23H22O5. The molecule has 5 nitrogen and oxygen atoms in total. The molecule has 0 aromatic heterocycles. The molecule has 2 aromatic carbocycles. The fourth-order valence-electron chi connectivity index (χ4n) is 3.41. The number of ether oxygens (including phenoxy) is 4. The molecule has 0 N–H and O–H groups in total. The molecule has 0 aliphatic carbocycles. The lowest BCUT2D eigenvalue weighted by atomic mass is 9.92. The summed E-state index contributed by atoms with van der Waals surface area (Å²) in [6.07, 6.45) is 5.78. The van der Waals surface area contributed by atoms with E-state index in [4.69, 9.17) is 18.9 Å². The predicted octanol–water partition coefficient (Wildman–Crippen LogP) is 4.55. The number of benzene rings is 2. The van der Waals surface area contributed by atoms with Crippen LogP contribution in [0.15, 0.2) is 42.5 Å². The lowest BCUT2D eigenvalue weighted by Gasteiger charge is -2.28. The molecule has 2 aromatic rings. The van der Waals surface area contributed by atoms with Crippen molar-refractivity contribution in [2.24, 2.45) is 0 Å². The van der Waals surface area contributed by atoms with Crippen molar-refractivity contribution in [3.05, 3.63) is 59.2 Å². The van der Waals surface area contributed by atoms with E-state index in [0.29, 0.717) is 40.6 Å². The first-order valence-electron chi connectivity index (χ1n) is 9.08. The molecule has 0 fully saturated rings. The predicted molar refractivity (Wildman–Crippen MR) is 108 cm³/mol. The van der Waals surface area contributed by atoms with Crippen LogP contribution < -0.4 is 18.9 Å². The number of fused-ring (bicyclic) bond motifs is 2. The summed E-state index contributed by atoms with van der Waals surface area (Å²) < 4.78 is 22.4.